The van der Waals surface area contributed by atoms with Gasteiger partial charge in [-0.1, -0.05) is 6.07 Å². The van der Waals surface area contributed by atoms with Gasteiger partial charge in [0.25, 0.3) is 5.91 Å². The van der Waals surface area contributed by atoms with E-state index in [9.17, 15) is 4.79 Å². The lowest BCUT2D eigenvalue weighted by Crippen LogP contribution is -2.37. The lowest BCUT2D eigenvalue weighted by molar-refractivity contribution is 0.0950. The number of morpholine rings is 1. The Morgan fingerprint density at radius 2 is 2.11 bits per heavy atom. The van der Waals surface area contributed by atoms with Crippen molar-refractivity contribution in [1.82, 2.24) is 25.1 Å². The number of ether oxygens (including phenoxy) is 1. The van der Waals surface area contributed by atoms with E-state index in [0.717, 1.165) is 41.2 Å². The zero-order chi connectivity index (χ0) is 18.8. The van der Waals surface area contributed by atoms with Gasteiger partial charge in [0, 0.05) is 50.0 Å². The fraction of sp³-hybridized carbons (Fsp3) is 0.368. The second kappa shape index (κ2) is 7.32. The summed E-state index contributed by atoms with van der Waals surface area (Å²) in [6.45, 7) is 5.31. The number of hydrogen-bond donors (Lipinski definition) is 1. The Labute approximate surface area is 157 Å². The molecule has 8 heteroatoms. The molecular weight excluding hydrogens is 344 g/mol. The van der Waals surface area contributed by atoms with Gasteiger partial charge in [-0.15, -0.1) is 0 Å². The molecule has 1 aliphatic rings. The van der Waals surface area contributed by atoms with Crippen molar-refractivity contribution in [2.24, 2.45) is 7.05 Å². The summed E-state index contributed by atoms with van der Waals surface area (Å²) in [6.07, 6.45) is 3.37. The number of carbonyl (C=O) groups is 1. The van der Waals surface area contributed by atoms with Gasteiger partial charge in [0.15, 0.2) is 5.65 Å². The number of nitrogens with zero attached hydrogens (tertiary/aromatic N) is 5. The first-order chi connectivity index (χ1) is 13.1. The van der Waals surface area contributed by atoms with Crippen molar-refractivity contribution in [3.8, 4) is 0 Å². The number of rotatable bonds is 4. The van der Waals surface area contributed by atoms with Crippen molar-refractivity contribution >= 4 is 22.8 Å². The molecule has 0 saturated carbocycles. The normalized spacial score (nSPS) is 14.5. The van der Waals surface area contributed by atoms with Crippen molar-refractivity contribution in [2.45, 2.75) is 13.5 Å². The Morgan fingerprint density at radius 3 is 2.93 bits per heavy atom. The first-order valence-corrected chi connectivity index (χ1v) is 8.97. The number of hydrogen-bond acceptors (Lipinski definition) is 6. The summed E-state index contributed by atoms with van der Waals surface area (Å²) >= 11 is 0. The van der Waals surface area contributed by atoms with Gasteiger partial charge in [-0.3, -0.25) is 9.48 Å². The second-order valence-corrected chi connectivity index (χ2v) is 6.57. The molecule has 0 atom stereocenters. The number of carbonyl (C=O) groups excluding carboxylic acids is 1. The van der Waals surface area contributed by atoms with Crippen LogP contribution in [0.3, 0.4) is 0 Å². The largest absolute Gasteiger partial charge is 0.378 e. The van der Waals surface area contributed by atoms with Crippen LogP contribution in [0.25, 0.3) is 11.0 Å². The smallest absolute Gasteiger partial charge is 0.253 e. The standard InChI is InChI=1S/C19H22N6O2/c1-13-16-10-15(12-21-18(16)24(2)23-13)19(26)22-11-14-4-3-5-20-17(14)25-6-8-27-9-7-25/h3-5,10,12H,6-9,11H2,1-2H3,(H,22,26). The van der Waals surface area contributed by atoms with E-state index in [0.29, 0.717) is 25.3 Å². The Morgan fingerprint density at radius 1 is 1.30 bits per heavy atom. The van der Waals surface area contributed by atoms with Crippen LogP contribution >= 0.6 is 0 Å². The van der Waals surface area contributed by atoms with Crippen molar-refractivity contribution in [2.75, 3.05) is 31.2 Å². The molecular formula is C19H22N6O2. The van der Waals surface area contributed by atoms with Crippen molar-refractivity contribution in [3.63, 3.8) is 0 Å². The van der Waals surface area contributed by atoms with Crippen LogP contribution in [0, 0.1) is 6.92 Å². The van der Waals surface area contributed by atoms with Crippen molar-refractivity contribution in [1.29, 1.82) is 0 Å². The average molecular weight is 366 g/mol. The molecule has 1 N–H and O–H groups in total. The van der Waals surface area contributed by atoms with Gasteiger partial charge in [0.2, 0.25) is 0 Å². The quantitative estimate of drug-likeness (QED) is 0.752. The predicted molar refractivity (Wildman–Crippen MR) is 102 cm³/mol. The summed E-state index contributed by atoms with van der Waals surface area (Å²) in [5.74, 6) is 0.738. The maximum Gasteiger partial charge on any atom is 0.253 e. The number of fused-ring (bicyclic) bond motifs is 1. The second-order valence-electron chi connectivity index (χ2n) is 6.57. The number of nitrogens with one attached hydrogen (secondary N) is 1. The maximum atomic E-state index is 12.6. The third kappa shape index (κ3) is 3.48. The van der Waals surface area contributed by atoms with Gasteiger partial charge < -0.3 is 15.0 Å². The van der Waals surface area contributed by atoms with E-state index in [2.05, 4.69) is 25.3 Å². The molecule has 0 aromatic carbocycles. The number of aromatic nitrogens is 4. The monoisotopic (exact) mass is 366 g/mol. The van der Waals surface area contributed by atoms with Crippen LogP contribution in [0.15, 0.2) is 30.6 Å². The molecule has 0 radical (unpaired) electrons. The number of anilines is 1. The van der Waals surface area contributed by atoms with Crippen LogP contribution in [-0.4, -0.2) is 52.0 Å². The van der Waals surface area contributed by atoms with Crippen LogP contribution < -0.4 is 10.2 Å². The van der Waals surface area contributed by atoms with Gasteiger partial charge in [0.05, 0.1) is 24.5 Å². The van der Waals surface area contributed by atoms with Crippen LogP contribution in [0.1, 0.15) is 21.6 Å². The van der Waals surface area contributed by atoms with E-state index in [4.69, 9.17) is 4.74 Å². The molecule has 1 fully saturated rings. The van der Waals surface area contributed by atoms with Crippen LogP contribution in [-0.2, 0) is 18.3 Å². The molecule has 4 heterocycles. The van der Waals surface area contributed by atoms with Gasteiger partial charge >= 0.3 is 0 Å². The molecule has 0 spiro atoms. The Balaban J connectivity index is 1.50. The fourth-order valence-corrected chi connectivity index (χ4v) is 3.34. The molecule has 1 saturated heterocycles. The molecule has 8 nitrogen and oxygen atoms in total. The highest BCUT2D eigenvalue weighted by molar-refractivity contribution is 5.97. The highest BCUT2D eigenvalue weighted by atomic mass is 16.5. The minimum atomic E-state index is -0.163. The third-order valence-electron chi connectivity index (χ3n) is 4.74. The number of aryl methyl sites for hydroxylation is 2. The molecule has 3 aromatic heterocycles. The zero-order valence-electron chi connectivity index (χ0n) is 15.5. The Bertz CT molecular complexity index is 977. The van der Waals surface area contributed by atoms with Gasteiger partial charge in [-0.2, -0.15) is 5.10 Å². The lowest BCUT2D eigenvalue weighted by Gasteiger charge is -2.29. The molecule has 3 aromatic rings. The van der Waals surface area contributed by atoms with Gasteiger partial charge in [-0.25, -0.2) is 9.97 Å². The Kier molecular flexibility index (Phi) is 4.72. The SMILES string of the molecule is Cc1nn(C)c2ncc(C(=O)NCc3cccnc3N3CCOCC3)cc12. The molecule has 4 rings (SSSR count). The summed E-state index contributed by atoms with van der Waals surface area (Å²) in [5, 5.41) is 8.22. The third-order valence-corrected chi connectivity index (χ3v) is 4.74. The molecule has 0 bridgehead atoms. The lowest BCUT2D eigenvalue weighted by atomic mass is 10.2. The van der Waals surface area contributed by atoms with Crippen molar-refractivity contribution in [3.05, 3.63) is 47.4 Å². The van der Waals surface area contributed by atoms with E-state index >= 15 is 0 Å². The number of pyridine rings is 2. The number of amides is 1. The Hall–Kier alpha value is -3.00. The average Bonchev–Trinajstić information content (AvgIpc) is 3.00. The maximum absolute atomic E-state index is 12.6. The van der Waals surface area contributed by atoms with Crippen LogP contribution in [0.4, 0.5) is 5.82 Å². The van der Waals surface area contributed by atoms with E-state index in [-0.39, 0.29) is 5.91 Å². The van der Waals surface area contributed by atoms with E-state index < -0.39 is 0 Å². The molecule has 0 aliphatic carbocycles. The summed E-state index contributed by atoms with van der Waals surface area (Å²) in [7, 11) is 1.84. The minimum absolute atomic E-state index is 0.163. The van der Waals surface area contributed by atoms with E-state index in [1.165, 1.54) is 0 Å². The molecule has 1 aliphatic heterocycles. The summed E-state index contributed by atoms with van der Waals surface area (Å²) in [5.41, 5.74) is 3.14. The minimum Gasteiger partial charge on any atom is -0.378 e. The van der Waals surface area contributed by atoms with Gasteiger partial charge in [0.1, 0.15) is 5.82 Å². The highest BCUT2D eigenvalue weighted by Gasteiger charge is 2.17. The molecule has 1 amide bonds. The highest BCUT2D eigenvalue weighted by Crippen LogP contribution is 2.19. The van der Waals surface area contributed by atoms with Crippen LogP contribution in [0.2, 0.25) is 0 Å². The first kappa shape index (κ1) is 17.4. The molecule has 27 heavy (non-hydrogen) atoms. The molecule has 0 unspecified atom stereocenters. The topological polar surface area (TPSA) is 85.2 Å². The zero-order valence-corrected chi connectivity index (χ0v) is 15.5. The first-order valence-electron chi connectivity index (χ1n) is 8.97. The van der Waals surface area contributed by atoms with Crippen molar-refractivity contribution < 1.29 is 9.53 Å². The summed E-state index contributed by atoms with van der Waals surface area (Å²) in [6, 6.07) is 5.72. The van der Waals surface area contributed by atoms with Gasteiger partial charge in [-0.05, 0) is 19.1 Å². The molecule has 140 valence electrons. The predicted octanol–water partition coefficient (Wildman–Crippen LogP) is 1.44. The summed E-state index contributed by atoms with van der Waals surface area (Å²) < 4.78 is 7.13. The summed E-state index contributed by atoms with van der Waals surface area (Å²) in [4.78, 5) is 23.7. The van der Waals surface area contributed by atoms with Crippen LogP contribution in [0.5, 0.6) is 0 Å². The van der Waals surface area contributed by atoms with E-state index in [1.54, 1.807) is 17.1 Å². The fourth-order valence-electron chi connectivity index (χ4n) is 3.34. The van der Waals surface area contributed by atoms with E-state index in [1.807, 2.05) is 32.2 Å².